The lowest BCUT2D eigenvalue weighted by Crippen LogP contribution is -2.47. The number of likely N-dealkylation sites (tertiary alicyclic amines) is 1. The molecule has 2 fully saturated rings. The Morgan fingerprint density at radius 2 is 2.04 bits per heavy atom. The van der Waals surface area contributed by atoms with Crippen LogP contribution < -0.4 is 5.32 Å². The molecule has 0 radical (unpaired) electrons. The quantitative estimate of drug-likeness (QED) is 0.460. The van der Waals surface area contributed by atoms with E-state index < -0.39 is 0 Å². The second-order valence-corrected chi connectivity index (χ2v) is 8.61. The summed E-state index contributed by atoms with van der Waals surface area (Å²) < 4.78 is 0. The van der Waals surface area contributed by atoms with Crippen LogP contribution in [0.5, 0.6) is 0 Å². The van der Waals surface area contributed by atoms with E-state index in [1.165, 1.54) is 29.9 Å². The highest BCUT2D eigenvalue weighted by Gasteiger charge is 2.33. The van der Waals surface area contributed by atoms with Crippen LogP contribution in [0.4, 0.5) is 0 Å². The van der Waals surface area contributed by atoms with Gasteiger partial charge < -0.3 is 15.1 Å². The van der Waals surface area contributed by atoms with Crippen LogP contribution in [0.25, 0.3) is 0 Å². The Bertz CT molecular complexity index is 554. The summed E-state index contributed by atoms with van der Waals surface area (Å²) >= 11 is 1.98. The summed E-state index contributed by atoms with van der Waals surface area (Å²) in [5.74, 6) is 3.89. The van der Waals surface area contributed by atoms with Gasteiger partial charge in [-0.3, -0.25) is 4.99 Å². The van der Waals surface area contributed by atoms with Crippen molar-refractivity contribution in [1.29, 1.82) is 0 Å². The molecule has 1 aliphatic heterocycles. The summed E-state index contributed by atoms with van der Waals surface area (Å²) in [6.45, 7) is 3.25. The Hall–Kier alpha value is -1.20. The van der Waals surface area contributed by atoms with Gasteiger partial charge in [-0.15, -0.1) is 11.8 Å². The Morgan fingerprint density at radius 1 is 1.28 bits per heavy atom. The molecule has 5 heteroatoms. The minimum absolute atomic E-state index is 0.629. The molecular weight excluding hydrogens is 328 g/mol. The highest BCUT2D eigenvalue weighted by molar-refractivity contribution is 7.99. The predicted octanol–water partition coefficient (Wildman–Crippen LogP) is 3.02. The van der Waals surface area contributed by atoms with Crippen LogP contribution in [-0.4, -0.2) is 68.3 Å². The van der Waals surface area contributed by atoms with E-state index in [0.29, 0.717) is 6.04 Å². The van der Waals surface area contributed by atoms with Gasteiger partial charge >= 0.3 is 0 Å². The Labute approximate surface area is 157 Å². The zero-order chi connectivity index (χ0) is 17.6. The van der Waals surface area contributed by atoms with Crippen LogP contribution in [0.2, 0.25) is 0 Å². The molecule has 2 unspecified atom stereocenters. The first-order valence-corrected chi connectivity index (χ1v) is 10.5. The van der Waals surface area contributed by atoms with Gasteiger partial charge in [0.2, 0.25) is 0 Å². The predicted molar refractivity (Wildman–Crippen MR) is 108 cm³/mol. The van der Waals surface area contributed by atoms with Gasteiger partial charge in [0.25, 0.3) is 0 Å². The van der Waals surface area contributed by atoms with Crippen LogP contribution in [0, 0.1) is 11.8 Å². The fourth-order valence-electron chi connectivity index (χ4n) is 3.67. The Kier molecular flexibility index (Phi) is 6.65. The molecule has 4 nitrogen and oxygen atoms in total. The Balaban J connectivity index is 1.44. The summed E-state index contributed by atoms with van der Waals surface area (Å²) in [4.78, 5) is 10.7. The van der Waals surface area contributed by atoms with Gasteiger partial charge in [0.1, 0.15) is 0 Å². The van der Waals surface area contributed by atoms with Crippen LogP contribution in [0.3, 0.4) is 0 Å². The number of aliphatic imine (C=N–C) groups is 1. The number of guanidine groups is 1. The van der Waals surface area contributed by atoms with Crippen LogP contribution in [0.15, 0.2) is 40.2 Å². The van der Waals surface area contributed by atoms with E-state index in [4.69, 9.17) is 0 Å². The van der Waals surface area contributed by atoms with Crippen LogP contribution >= 0.6 is 11.8 Å². The van der Waals surface area contributed by atoms with Crippen molar-refractivity contribution in [2.45, 2.75) is 30.2 Å². The third kappa shape index (κ3) is 5.38. The summed E-state index contributed by atoms with van der Waals surface area (Å²) in [6.07, 6.45) is 4.03. The third-order valence-corrected chi connectivity index (χ3v) is 6.57. The average Bonchev–Trinajstić information content (AvgIpc) is 3.35. The summed E-state index contributed by atoms with van der Waals surface area (Å²) in [6, 6.07) is 11.4. The highest BCUT2D eigenvalue weighted by atomic mass is 32.2. The molecule has 3 rings (SSSR count). The van der Waals surface area contributed by atoms with E-state index in [0.717, 1.165) is 37.4 Å². The van der Waals surface area contributed by atoms with E-state index in [2.05, 4.69) is 64.5 Å². The fraction of sp³-hybridized carbons (Fsp3) is 0.650. The lowest BCUT2D eigenvalue weighted by Gasteiger charge is -2.28. The minimum atomic E-state index is 0.629. The first-order chi connectivity index (χ1) is 12.2. The molecule has 1 N–H and O–H groups in total. The van der Waals surface area contributed by atoms with Gasteiger partial charge in [0, 0.05) is 43.4 Å². The summed E-state index contributed by atoms with van der Waals surface area (Å²) in [5.41, 5.74) is 0. The van der Waals surface area contributed by atoms with Crippen molar-refractivity contribution in [1.82, 2.24) is 15.1 Å². The molecule has 1 saturated carbocycles. The number of benzene rings is 1. The van der Waals surface area contributed by atoms with E-state index in [1.54, 1.807) is 0 Å². The minimum Gasteiger partial charge on any atom is -0.355 e. The molecule has 1 aliphatic carbocycles. The normalized spacial score (nSPS) is 22.5. The van der Waals surface area contributed by atoms with Gasteiger partial charge in [0.05, 0.1) is 0 Å². The van der Waals surface area contributed by atoms with Gasteiger partial charge in [0.15, 0.2) is 5.96 Å². The maximum atomic E-state index is 4.54. The molecule has 1 aromatic carbocycles. The third-order valence-electron chi connectivity index (χ3n) is 5.32. The first-order valence-electron chi connectivity index (χ1n) is 9.47. The molecule has 138 valence electrons. The summed E-state index contributed by atoms with van der Waals surface area (Å²) in [5, 5.41) is 3.64. The highest BCUT2D eigenvalue weighted by Crippen LogP contribution is 2.34. The number of thioether (sulfide) groups is 1. The Morgan fingerprint density at radius 3 is 2.68 bits per heavy atom. The number of rotatable bonds is 7. The summed E-state index contributed by atoms with van der Waals surface area (Å²) in [7, 11) is 6.30. The molecular formula is C20H32N4S. The van der Waals surface area contributed by atoms with Gasteiger partial charge in [-0.25, -0.2) is 0 Å². The van der Waals surface area contributed by atoms with E-state index in [9.17, 15) is 0 Å². The largest absolute Gasteiger partial charge is 0.355 e. The van der Waals surface area contributed by atoms with Crippen molar-refractivity contribution in [3.63, 3.8) is 0 Å². The molecule has 2 aliphatic rings. The first kappa shape index (κ1) is 18.6. The van der Waals surface area contributed by atoms with Gasteiger partial charge in [-0.05, 0) is 57.3 Å². The number of hydrogen-bond donors (Lipinski definition) is 1. The van der Waals surface area contributed by atoms with E-state index in [1.807, 2.05) is 18.8 Å². The van der Waals surface area contributed by atoms with Gasteiger partial charge in [-0.2, -0.15) is 0 Å². The lowest BCUT2D eigenvalue weighted by atomic mass is 10.1. The number of hydrogen-bond acceptors (Lipinski definition) is 3. The smallest absolute Gasteiger partial charge is 0.193 e. The second-order valence-electron chi connectivity index (χ2n) is 7.52. The number of nitrogens with zero attached hydrogens (tertiary/aromatic N) is 3. The zero-order valence-electron chi connectivity index (χ0n) is 15.8. The molecule has 0 spiro atoms. The molecule has 25 heavy (non-hydrogen) atoms. The molecule has 1 saturated heterocycles. The molecule has 0 amide bonds. The lowest BCUT2D eigenvalue weighted by molar-refractivity contribution is 0.262. The molecule has 0 bridgehead atoms. The van der Waals surface area contributed by atoms with Crippen molar-refractivity contribution in [3.05, 3.63) is 30.3 Å². The fourth-order valence-corrected chi connectivity index (χ4v) is 4.72. The second kappa shape index (κ2) is 8.95. The van der Waals surface area contributed by atoms with E-state index >= 15 is 0 Å². The monoisotopic (exact) mass is 360 g/mol. The van der Waals surface area contributed by atoms with Crippen molar-refractivity contribution >= 4 is 17.7 Å². The van der Waals surface area contributed by atoms with Crippen molar-refractivity contribution in [3.8, 4) is 0 Å². The van der Waals surface area contributed by atoms with E-state index in [-0.39, 0.29) is 0 Å². The zero-order valence-corrected chi connectivity index (χ0v) is 16.6. The molecule has 1 aromatic rings. The molecule has 0 aromatic heterocycles. The standard InChI is InChI=1S/C20H32N4S/c1-21-20(22-13-19(23(2)3)17-9-10-17)24-12-11-16(14-24)15-25-18-7-5-4-6-8-18/h4-8,16-17,19H,9-15H2,1-3H3,(H,21,22). The number of likely N-dealkylation sites (N-methyl/N-ethyl adjacent to an activating group) is 1. The van der Waals surface area contributed by atoms with Crippen molar-refractivity contribution < 1.29 is 0 Å². The maximum Gasteiger partial charge on any atom is 0.193 e. The average molecular weight is 361 g/mol. The SMILES string of the molecule is CN=C(NCC(C1CC1)N(C)C)N1CCC(CSc2ccccc2)C1. The molecule has 1 heterocycles. The number of nitrogens with one attached hydrogen (secondary N) is 1. The van der Waals surface area contributed by atoms with Crippen LogP contribution in [0.1, 0.15) is 19.3 Å². The van der Waals surface area contributed by atoms with Crippen molar-refractivity contribution in [2.24, 2.45) is 16.8 Å². The maximum absolute atomic E-state index is 4.54. The molecule has 2 atom stereocenters. The van der Waals surface area contributed by atoms with Gasteiger partial charge in [-0.1, -0.05) is 18.2 Å². The van der Waals surface area contributed by atoms with Crippen molar-refractivity contribution in [2.75, 3.05) is 46.5 Å². The topological polar surface area (TPSA) is 30.9 Å². The van der Waals surface area contributed by atoms with Crippen LogP contribution in [-0.2, 0) is 0 Å².